The van der Waals surface area contributed by atoms with Crippen molar-refractivity contribution in [2.24, 2.45) is 0 Å². The molecule has 1 aliphatic carbocycles. The van der Waals surface area contributed by atoms with Gasteiger partial charge in [0.15, 0.2) is 6.10 Å². The van der Waals surface area contributed by atoms with Crippen LogP contribution in [0.1, 0.15) is 45.1 Å². The van der Waals surface area contributed by atoms with E-state index in [4.69, 9.17) is 4.74 Å². The summed E-state index contributed by atoms with van der Waals surface area (Å²) in [5, 5.41) is 16.4. The Labute approximate surface area is 164 Å². The third-order valence-corrected chi connectivity index (χ3v) is 4.61. The summed E-state index contributed by atoms with van der Waals surface area (Å²) in [4.78, 5) is 34.4. The second-order valence-electron chi connectivity index (χ2n) is 6.92. The van der Waals surface area contributed by atoms with Crippen molar-refractivity contribution in [3.63, 3.8) is 0 Å². The molecule has 2 rings (SSSR count). The minimum Gasteiger partial charge on any atom is -0.451 e. The molecule has 1 amide bonds. The molecule has 160 valence electrons. The van der Waals surface area contributed by atoms with E-state index < -0.39 is 46.4 Å². The number of nitrogens with one attached hydrogen (secondary N) is 2. The Hall–Kier alpha value is -2.85. The number of anilines is 1. The van der Waals surface area contributed by atoms with Crippen LogP contribution >= 0.6 is 0 Å². The SMILES string of the molecule is C[C@H](Nc1ccc(C(F)(F)F)cc1[N+](=O)[O-])C(=O)O[C@H](C)C(=O)NC1CCCC1. The predicted molar refractivity (Wildman–Crippen MR) is 97.1 cm³/mol. The van der Waals surface area contributed by atoms with Crippen LogP contribution in [-0.4, -0.2) is 35.0 Å². The molecule has 0 spiro atoms. The van der Waals surface area contributed by atoms with Crippen LogP contribution in [0.25, 0.3) is 0 Å². The van der Waals surface area contributed by atoms with Crippen LogP contribution in [0.4, 0.5) is 24.5 Å². The fourth-order valence-corrected chi connectivity index (χ4v) is 2.99. The quantitative estimate of drug-likeness (QED) is 0.400. The minimum atomic E-state index is -4.74. The average Bonchev–Trinajstić information content (AvgIpc) is 3.13. The van der Waals surface area contributed by atoms with E-state index in [1.807, 2.05) is 0 Å². The highest BCUT2D eigenvalue weighted by molar-refractivity contribution is 5.86. The molecule has 1 fully saturated rings. The highest BCUT2D eigenvalue weighted by atomic mass is 19.4. The van der Waals surface area contributed by atoms with Crippen LogP contribution < -0.4 is 10.6 Å². The molecule has 1 aromatic rings. The van der Waals surface area contributed by atoms with Crippen LogP contribution in [0.2, 0.25) is 0 Å². The molecular weight excluding hydrogens is 395 g/mol. The van der Waals surface area contributed by atoms with Gasteiger partial charge in [0.1, 0.15) is 11.7 Å². The molecule has 0 aliphatic heterocycles. The van der Waals surface area contributed by atoms with Gasteiger partial charge in [-0.3, -0.25) is 14.9 Å². The van der Waals surface area contributed by atoms with Gasteiger partial charge in [-0.1, -0.05) is 12.8 Å². The van der Waals surface area contributed by atoms with Crippen molar-refractivity contribution >= 4 is 23.3 Å². The Morgan fingerprint density at radius 1 is 1.24 bits per heavy atom. The largest absolute Gasteiger partial charge is 0.451 e. The monoisotopic (exact) mass is 417 g/mol. The molecule has 1 aliphatic rings. The summed E-state index contributed by atoms with van der Waals surface area (Å²) in [6.45, 7) is 2.72. The van der Waals surface area contributed by atoms with E-state index in [9.17, 15) is 32.9 Å². The maximum atomic E-state index is 12.8. The molecule has 0 radical (unpaired) electrons. The lowest BCUT2D eigenvalue weighted by molar-refractivity contribution is -0.384. The summed E-state index contributed by atoms with van der Waals surface area (Å²) < 4.78 is 43.4. The Morgan fingerprint density at radius 3 is 2.41 bits per heavy atom. The zero-order chi connectivity index (χ0) is 21.8. The molecule has 8 nitrogen and oxygen atoms in total. The van der Waals surface area contributed by atoms with Crippen molar-refractivity contribution in [3.05, 3.63) is 33.9 Å². The number of nitro benzene ring substituents is 1. The highest BCUT2D eigenvalue weighted by Crippen LogP contribution is 2.35. The molecule has 11 heteroatoms. The zero-order valence-corrected chi connectivity index (χ0v) is 15.9. The molecular formula is C18H22F3N3O5. The van der Waals surface area contributed by atoms with E-state index in [0.29, 0.717) is 12.1 Å². The number of amides is 1. The van der Waals surface area contributed by atoms with E-state index in [1.165, 1.54) is 13.8 Å². The highest BCUT2D eigenvalue weighted by Gasteiger charge is 2.33. The molecule has 1 saturated carbocycles. The van der Waals surface area contributed by atoms with Gasteiger partial charge in [-0.15, -0.1) is 0 Å². The number of carbonyl (C=O) groups excluding carboxylic acids is 2. The molecule has 2 atom stereocenters. The molecule has 0 unspecified atom stereocenters. The number of hydrogen-bond donors (Lipinski definition) is 2. The van der Waals surface area contributed by atoms with Crippen LogP contribution in [0.3, 0.4) is 0 Å². The van der Waals surface area contributed by atoms with Gasteiger partial charge in [0.2, 0.25) is 0 Å². The van der Waals surface area contributed by atoms with Crippen molar-refractivity contribution in [2.75, 3.05) is 5.32 Å². The molecule has 0 heterocycles. The second kappa shape index (κ2) is 9.10. The third kappa shape index (κ3) is 6.06. The first-order valence-electron chi connectivity index (χ1n) is 9.12. The summed E-state index contributed by atoms with van der Waals surface area (Å²) in [6, 6.07) is 0.852. The first kappa shape index (κ1) is 22.4. The summed E-state index contributed by atoms with van der Waals surface area (Å²) >= 11 is 0. The van der Waals surface area contributed by atoms with E-state index >= 15 is 0 Å². The van der Waals surface area contributed by atoms with Crippen molar-refractivity contribution in [1.29, 1.82) is 0 Å². The van der Waals surface area contributed by atoms with Crippen molar-refractivity contribution in [3.8, 4) is 0 Å². The molecule has 1 aromatic carbocycles. The molecule has 29 heavy (non-hydrogen) atoms. The number of alkyl halides is 3. The molecule has 2 N–H and O–H groups in total. The van der Waals surface area contributed by atoms with Crippen LogP contribution in [0.15, 0.2) is 18.2 Å². The number of nitrogens with zero attached hydrogens (tertiary/aromatic N) is 1. The smallest absolute Gasteiger partial charge is 0.416 e. The van der Waals surface area contributed by atoms with Gasteiger partial charge in [0.25, 0.3) is 11.6 Å². The lowest BCUT2D eigenvalue weighted by atomic mass is 10.1. The summed E-state index contributed by atoms with van der Waals surface area (Å²) in [7, 11) is 0. The fraction of sp³-hybridized carbons (Fsp3) is 0.556. The number of carbonyl (C=O) groups is 2. The van der Waals surface area contributed by atoms with Gasteiger partial charge in [-0.2, -0.15) is 13.2 Å². The molecule has 0 aromatic heterocycles. The van der Waals surface area contributed by atoms with E-state index in [0.717, 1.165) is 31.7 Å². The first-order valence-corrected chi connectivity index (χ1v) is 9.12. The Bertz CT molecular complexity index is 778. The van der Waals surface area contributed by atoms with Gasteiger partial charge in [0.05, 0.1) is 10.5 Å². The topological polar surface area (TPSA) is 111 Å². The van der Waals surface area contributed by atoms with Crippen molar-refractivity contribution in [2.45, 2.75) is 63.9 Å². The fourth-order valence-electron chi connectivity index (χ4n) is 2.99. The van der Waals surface area contributed by atoms with Gasteiger partial charge in [-0.05, 0) is 38.8 Å². The minimum absolute atomic E-state index is 0.0500. The average molecular weight is 417 g/mol. The van der Waals surface area contributed by atoms with E-state index in [1.54, 1.807) is 0 Å². The number of rotatable bonds is 7. The number of nitro groups is 1. The third-order valence-electron chi connectivity index (χ3n) is 4.61. The summed E-state index contributed by atoms with van der Waals surface area (Å²) in [5.74, 6) is -1.31. The number of esters is 1. The maximum absolute atomic E-state index is 12.8. The lowest BCUT2D eigenvalue weighted by Gasteiger charge is -2.20. The molecule has 0 saturated heterocycles. The van der Waals surface area contributed by atoms with Crippen LogP contribution in [-0.2, 0) is 20.5 Å². The Balaban J connectivity index is 2.01. The van der Waals surface area contributed by atoms with E-state index in [2.05, 4.69) is 10.6 Å². The van der Waals surface area contributed by atoms with Gasteiger partial charge < -0.3 is 15.4 Å². The van der Waals surface area contributed by atoms with Gasteiger partial charge in [0, 0.05) is 12.1 Å². The maximum Gasteiger partial charge on any atom is 0.416 e. The number of hydrogen-bond acceptors (Lipinski definition) is 6. The number of benzene rings is 1. The summed E-state index contributed by atoms with van der Waals surface area (Å²) in [5.41, 5.74) is -2.27. The summed E-state index contributed by atoms with van der Waals surface area (Å²) in [6.07, 6.45) is -2.05. The van der Waals surface area contributed by atoms with E-state index in [-0.39, 0.29) is 11.7 Å². The lowest BCUT2D eigenvalue weighted by Crippen LogP contribution is -2.42. The van der Waals surface area contributed by atoms with Crippen molar-refractivity contribution < 1.29 is 32.4 Å². The van der Waals surface area contributed by atoms with Crippen LogP contribution in [0.5, 0.6) is 0 Å². The standard InChI is InChI=1S/C18H22F3N3O5/c1-10(17(26)29-11(2)16(25)23-13-5-3-4-6-13)22-14-8-7-12(18(19,20)21)9-15(14)24(27)28/h7-11,13,22H,3-6H2,1-2H3,(H,23,25)/t10-,11+/m0/s1. The van der Waals surface area contributed by atoms with Crippen LogP contribution in [0, 0.1) is 10.1 Å². The van der Waals surface area contributed by atoms with Gasteiger partial charge in [-0.25, -0.2) is 4.79 Å². The molecule has 0 bridgehead atoms. The number of ether oxygens (including phenoxy) is 1. The normalized spacial score (nSPS) is 16.7. The zero-order valence-electron chi connectivity index (χ0n) is 15.9. The first-order chi connectivity index (χ1) is 13.5. The van der Waals surface area contributed by atoms with Crippen molar-refractivity contribution in [1.82, 2.24) is 5.32 Å². The predicted octanol–water partition coefficient (Wildman–Crippen LogP) is 3.40. The van der Waals surface area contributed by atoms with Gasteiger partial charge >= 0.3 is 12.1 Å². The second-order valence-corrected chi connectivity index (χ2v) is 6.92. The Morgan fingerprint density at radius 2 is 1.86 bits per heavy atom. The Kier molecular flexibility index (Phi) is 7.04. The number of halogens is 3.